The second-order valence-corrected chi connectivity index (χ2v) is 6.37. The van der Waals surface area contributed by atoms with Crippen molar-refractivity contribution in [3.05, 3.63) is 18.5 Å². The van der Waals surface area contributed by atoms with Gasteiger partial charge in [-0.15, -0.1) is 6.58 Å². The van der Waals surface area contributed by atoms with Gasteiger partial charge < -0.3 is 10.2 Å². The van der Waals surface area contributed by atoms with E-state index in [1.165, 1.54) is 51.4 Å². The lowest BCUT2D eigenvalue weighted by atomic mass is 9.89. The van der Waals surface area contributed by atoms with E-state index in [0.717, 1.165) is 24.9 Å². The zero-order valence-corrected chi connectivity index (χ0v) is 13.4. The van der Waals surface area contributed by atoms with Crippen LogP contribution < -0.4 is 10.2 Å². The lowest BCUT2D eigenvalue weighted by molar-refractivity contribution is 0.427. The third-order valence-corrected chi connectivity index (χ3v) is 4.65. The van der Waals surface area contributed by atoms with E-state index in [2.05, 4.69) is 26.8 Å². The van der Waals surface area contributed by atoms with Gasteiger partial charge >= 0.3 is 0 Å². The van der Waals surface area contributed by atoms with E-state index in [-0.39, 0.29) is 0 Å². The van der Waals surface area contributed by atoms with Crippen LogP contribution in [0.4, 0.5) is 11.9 Å². The van der Waals surface area contributed by atoms with E-state index in [1.54, 1.807) is 0 Å². The number of piperidine rings is 1. The first-order valence-corrected chi connectivity index (χ1v) is 8.72. The minimum atomic E-state index is 0.504. The maximum Gasteiger partial charge on any atom is 0.230 e. The molecule has 2 aliphatic rings. The van der Waals surface area contributed by atoms with Crippen LogP contribution in [0.3, 0.4) is 0 Å². The van der Waals surface area contributed by atoms with Crippen molar-refractivity contribution in [3.63, 3.8) is 0 Å². The van der Waals surface area contributed by atoms with Gasteiger partial charge in [0.2, 0.25) is 11.9 Å². The molecule has 1 N–H and O–H groups in total. The van der Waals surface area contributed by atoms with Crippen molar-refractivity contribution in [2.24, 2.45) is 0 Å². The average Bonchev–Trinajstić information content (AvgIpc) is 2.61. The van der Waals surface area contributed by atoms with E-state index in [1.807, 2.05) is 6.08 Å². The topological polar surface area (TPSA) is 53.9 Å². The Kier molecular flexibility index (Phi) is 5.24. The summed E-state index contributed by atoms with van der Waals surface area (Å²) >= 11 is 0. The smallest absolute Gasteiger partial charge is 0.230 e. The van der Waals surface area contributed by atoms with Gasteiger partial charge in [-0.25, -0.2) is 0 Å². The number of rotatable bonds is 5. The molecule has 1 aliphatic heterocycles. The van der Waals surface area contributed by atoms with Gasteiger partial charge in [0.1, 0.15) is 5.82 Å². The Labute approximate surface area is 133 Å². The second-order valence-electron chi connectivity index (χ2n) is 6.37. The Balaban J connectivity index is 1.84. The molecule has 5 heteroatoms. The van der Waals surface area contributed by atoms with Crippen LogP contribution in [0.5, 0.6) is 0 Å². The van der Waals surface area contributed by atoms with Crippen molar-refractivity contribution in [1.82, 2.24) is 15.0 Å². The van der Waals surface area contributed by atoms with Gasteiger partial charge in [-0.2, -0.15) is 15.0 Å². The van der Waals surface area contributed by atoms with Gasteiger partial charge in [0.15, 0.2) is 0 Å². The normalized spacial score (nSPS) is 19.9. The predicted octanol–water partition coefficient (Wildman–Crippen LogP) is 3.51. The molecular formula is C17H27N5. The molecule has 1 saturated heterocycles. The SMILES string of the molecule is C=CCNc1nc(C2CCCCC2)nc(N2CCCCC2)n1. The fourth-order valence-electron chi connectivity index (χ4n) is 3.40. The van der Waals surface area contributed by atoms with Crippen molar-refractivity contribution in [3.8, 4) is 0 Å². The number of nitrogens with one attached hydrogen (secondary N) is 1. The Morgan fingerprint density at radius 2 is 1.73 bits per heavy atom. The summed E-state index contributed by atoms with van der Waals surface area (Å²) in [6.07, 6.45) is 12.0. The molecule has 0 unspecified atom stereocenters. The Bertz CT molecular complexity index is 454. The molecule has 2 heterocycles. The fraction of sp³-hybridized carbons (Fsp3) is 0.706. The molecule has 0 bridgehead atoms. The van der Waals surface area contributed by atoms with Crippen LogP contribution >= 0.6 is 0 Å². The maximum atomic E-state index is 4.83. The van der Waals surface area contributed by atoms with Gasteiger partial charge in [-0.1, -0.05) is 25.3 Å². The highest BCUT2D eigenvalue weighted by Gasteiger charge is 2.22. The van der Waals surface area contributed by atoms with Gasteiger partial charge in [0.25, 0.3) is 0 Å². The monoisotopic (exact) mass is 301 g/mol. The molecule has 1 aromatic rings. The van der Waals surface area contributed by atoms with E-state index >= 15 is 0 Å². The first-order valence-electron chi connectivity index (χ1n) is 8.72. The number of anilines is 2. The van der Waals surface area contributed by atoms with Crippen molar-refractivity contribution >= 4 is 11.9 Å². The lowest BCUT2D eigenvalue weighted by Gasteiger charge is -2.28. The molecular weight excluding hydrogens is 274 g/mol. The highest BCUT2D eigenvalue weighted by atomic mass is 15.3. The number of nitrogens with zero attached hydrogens (tertiary/aromatic N) is 4. The summed E-state index contributed by atoms with van der Waals surface area (Å²) in [5.41, 5.74) is 0. The first kappa shape index (κ1) is 15.3. The summed E-state index contributed by atoms with van der Waals surface area (Å²) in [4.78, 5) is 16.5. The molecule has 1 saturated carbocycles. The average molecular weight is 301 g/mol. The number of aromatic nitrogens is 3. The van der Waals surface area contributed by atoms with Crippen molar-refractivity contribution in [2.45, 2.75) is 57.3 Å². The molecule has 1 aromatic heterocycles. The molecule has 5 nitrogen and oxygen atoms in total. The van der Waals surface area contributed by atoms with Crippen molar-refractivity contribution < 1.29 is 0 Å². The molecule has 3 rings (SSSR count). The molecule has 0 aromatic carbocycles. The predicted molar refractivity (Wildman–Crippen MR) is 90.4 cm³/mol. The second kappa shape index (κ2) is 7.56. The number of hydrogen-bond donors (Lipinski definition) is 1. The molecule has 0 atom stereocenters. The van der Waals surface area contributed by atoms with Crippen molar-refractivity contribution in [1.29, 1.82) is 0 Å². The fourth-order valence-corrected chi connectivity index (χ4v) is 3.40. The van der Waals surface area contributed by atoms with Gasteiger partial charge in [-0.05, 0) is 32.1 Å². The summed E-state index contributed by atoms with van der Waals surface area (Å²) in [7, 11) is 0. The minimum Gasteiger partial charge on any atom is -0.351 e. The molecule has 120 valence electrons. The van der Waals surface area contributed by atoms with E-state index in [9.17, 15) is 0 Å². The van der Waals surface area contributed by atoms with E-state index in [0.29, 0.717) is 18.4 Å². The quantitative estimate of drug-likeness (QED) is 0.843. The van der Waals surface area contributed by atoms with Crippen molar-refractivity contribution in [2.75, 3.05) is 29.9 Å². The van der Waals surface area contributed by atoms with Gasteiger partial charge in [0, 0.05) is 25.6 Å². The Hall–Kier alpha value is -1.65. The molecule has 22 heavy (non-hydrogen) atoms. The Morgan fingerprint density at radius 3 is 2.45 bits per heavy atom. The van der Waals surface area contributed by atoms with Crippen LogP contribution in [0.2, 0.25) is 0 Å². The summed E-state index contributed by atoms with van der Waals surface area (Å²) in [5, 5.41) is 3.25. The number of hydrogen-bond acceptors (Lipinski definition) is 5. The standard InChI is InChI=1S/C17H27N5/c1-2-11-18-16-19-15(14-9-5-3-6-10-14)20-17(21-16)22-12-7-4-8-13-22/h2,14H,1,3-13H2,(H,18,19,20,21). The largest absolute Gasteiger partial charge is 0.351 e. The zero-order valence-electron chi connectivity index (χ0n) is 13.4. The van der Waals surface area contributed by atoms with Crippen LogP contribution in [0.1, 0.15) is 63.1 Å². The summed E-state index contributed by atoms with van der Waals surface area (Å²) in [5.74, 6) is 3.06. The van der Waals surface area contributed by atoms with Crippen LogP contribution in [0.25, 0.3) is 0 Å². The van der Waals surface area contributed by atoms with E-state index < -0.39 is 0 Å². The molecule has 0 spiro atoms. The molecule has 1 aliphatic carbocycles. The highest BCUT2D eigenvalue weighted by molar-refractivity contribution is 5.38. The third kappa shape index (κ3) is 3.76. The Morgan fingerprint density at radius 1 is 1.00 bits per heavy atom. The van der Waals surface area contributed by atoms with E-state index in [4.69, 9.17) is 4.98 Å². The van der Waals surface area contributed by atoms with Crippen LogP contribution in [0, 0.1) is 0 Å². The molecule has 0 radical (unpaired) electrons. The van der Waals surface area contributed by atoms with Crippen LogP contribution in [0.15, 0.2) is 12.7 Å². The third-order valence-electron chi connectivity index (χ3n) is 4.65. The highest BCUT2D eigenvalue weighted by Crippen LogP contribution is 2.31. The maximum absolute atomic E-state index is 4.83. The molecule has 0 amide bonds. The first-order chi connectivity index (χ1) is 10.9. The van der Waals surface area contributed by atoms with Gasteiger partial charge in [-0.3, -0.25) is 0 Å². The van der Waals surface area contributed by atoms with Crippen LogP contribution in [-0.4, -0.2) is 34.6 Å². The van der Waals surface area contributed by atoms with Gasteiger partial charge in [0.05, 0.1) is 0 Å². The summed E-state index contributed by atoms with van der Waals surface area (Å²) < 4.78 is 0. The summed E-state index contributed by atoms with van der Waals surface area (Å²) in [6.45, 7) is 6.57. The lowest BCUT2D eigenvalue weighted by Crippen LogP contribution is -2.32. The minimum absolute atomic E-state index is 0.504. The zero-order chi connectivity index (χ0) is 15.2. The molecule has 2 fully saturated rings. The van der Waals surface area contributed by atoms with Crippen LogP contribution in [-0.2, 0) is 0 Å². The summed E-state index contributed by atoms with van der Waals surface area (Å²) in [6, 6.07) is 0.